The molecule has 2 rings (SSSR count). The fourth-order valence-electron chi connectivity index (χ4n) is 2.29. The fourth-order valence-corrected chi connectivity index (χ4v) is 2.55. The molecule has 0 bridgehead atoms. The van der Waals surface area contributed by atoms with Gasteiger partial charge in [0.15, 0.2) is 0 Å². The lowest BCUT2D eigenvalue weighted by atomic mass is 9.96. The van der Waals surface area contributed by atoms with E-state index in [0.717, 1.165) is 18.1 Å². The van der Waals surface area contributed by atoms with Gasteiger partial charge in [0.05, 0.1) is 12.6 Å². The maximum atomic E-state index is 12.0. The summed E-state index contributed by atoms with van der Waals surface area (Å²) in [6, 6.07) is 7.32. The predicted molar refractivity (Wildman–Crippen MR) is 89.1 cm³/mol. The summed E-state index contributed by atoms with van der Waals surface area (Å²) in [7, 11) is 0. The number of rotatable bonds is 8. The molecule has 5 heteroatoms. The molecule has 2 N–H and O–H groups in total. The second kappa shape index (κ2) is 8.39. The predicted octanol–water partition coefficient (Wildman–Crippen LogP) is 3.76. The zero-order valence-electron chi connectivity index (χ0n) is 13.3. The monoisotopic (exact) mass is 324 g/mol. The molecule has 0 saturated heterocycles. The molecule has 1 aromatic rings. The molecule has 0 heterocycles. The Labute approximate surface area is 137 Å². The van der Waals surface area contributed by atoms with E-state index in [9.17, 15) is 4.79 Å². The third kappa shape index (κ3) is 5.50. The highest BCUT2D eigenvalue weighted by Gasteiger charge is 2.21. The Morgan fingerprint density at radius 1 is 1.36 bits per heavy atom. The van der Waals surface area contributed by atoms with E-state index in [2.05, 4.69) is 24.5 Å². The number of halogens is 1. The van der Waals surface area contributed by atoms with Gasteiger partial charge in [-0.15, -0.1) is 0 Å². The normalized spacial score (nSPS) is 15.6. The quantitative estimate of drug-likeness (QED) is 0.715. The summed E-state index contributed by atoms with van der Waals surface area (Å²) in [6.45, 7) is 6.02. The van der Waals surface area contributed by atoms with Crippen LogP contribution in [0.3, 0.4) is 0 Å². The summed E-state index contributed by atoms with van der Waals surface area (Å²) in [6.07, 6.45) is 2.56. The van der Waals surface area contributed by atoms with E-state index in [1.807, 2.05) is 24.3 Å². The molecule has 4 nitrogen and oxygen atoms in total. The lowest BCUT2D eigenvalue weighted by Gasteiger charge is -2.24. The Kier molecular flexibility index (Phi) is 6.52. The van der Waals surface area contributed by atoms with E-state index in [1.165, 1.54) is 12.8 Å². The minimum absolute atomic E-state index is 0.110. The molecular weight excluding hydrogens is 300 g/mol. The Bertz CT molecular complexity index is 489. The first-order chi connectivity index (χ1) is 10.6. The molecule has 1 aliphatic carbocycles. The zero-order valence-corrected chi connectivity index (χ0v) is 14.0. The van der Waals surface area contributed by atoms with Crippen molar-refractivity contribution >= 4 is 17.6 Å². The molecule has 1 aromatic carbocycles. The van der Waals surface area contributed by atoms with Crippen LogP contribution in [0.25, 0.3) is 0 Å². The van der Waals surface area contributed by atoms with Gasteiger partial charge < -0.3 is 15.4 Å². The van der Waals surface area contributed by atoms with E-state index >= 15 is 0 Å². The van der Waals surface area contributed by atoms with E-state index in [1.54, 1.807) is 0 Å². The first kappa shape index (κ1) is 17.1. The number of hydrogen-bond donors (Lipinski definition) is 2. The summed E-state index contributed by atoms with van der Waals surface area (Å²) in [5.74, 6) is 0.996. The minimum Gasteiger partial charge on any atom is -0.379 e. The first-order valence-corrected chi connectivity index (χ1v) is 8.32. The summed E-state index contributed by atoms with van der Waals surface area (Å²) >= 11 is 6.24. The van der Waals surface area contributed by atoms with Gasteiger partial charge in [-0.3, -0.25) is 0 Å². The van der Waals surface area contributed by atoms with Gasteiger partial charge in [-0.2, -0.15) is 0 Å². The highest BCUT2D eigenvalue weighted by molar-refractivity contribution is 6.31. The van der Waals surface area contributed by atoms with Gasteiger partial charge in [-0.25, -0.2) is 4.79 Å². The number of carbonyl (C=O) groups excluding carboxylic acids is 1. The third-order valence-corrected chi connectivity index (χ3v) is 4.12. The second-order valence-corrected chi connectivity index (χ2v) is 6.57. The number of hydrogen-bond acceptors (Lipinski definition) is 2. The van der Waals surface area contributed by atoms with E-state index in [-0.39, 0.29) is 18.0 Å². The van der Waals surface area contributed by atoms with Crippen LogP contribution < -0.4 is 10.6 Å². The van der Waals surface area contributed by atoms with Crippen molar-refractivity contribution in [1.29, 1.82) is 0 Å². The van der Waals surface area contributed by atoms with Crippen LogP contribution in [0.2, 0.25) is 5.02 Å². The van der Waals surface area contributed by atoms with E-state index < -0.39 is 0 Å². The Balaban J connectivity index is 1.77. The van der Waals surface area contributed by atoms with Gasteiger partial charge in [0.2, 0.25) is 0 Å². The van der Waals surface area contributed by atoms with Gasteiger partial charge in [-0.05, 0) is 36.3 Å². The van der Waals surface area contributed by atoms with Crippen LogP contribution in [0.4, 0.5) is 4.79 Å². The molecule has 0 spiro atoms. The average molecular weight is 325 g/mol. The molecule has 22 heavy (non-hydrogen) atoms. The molecule has 1 atom stereocenters. The molecule has 2 amide bonds. The molecule has 1 aliphatic rings. The smallest absolute Gasteiger partial charge is 0.315 e. The maximum absolute atomic E-state index is 12.0. The molecule has 1 saturated carbocycles. The number of urea groups is 1. The first-order valence-electron chi connectivity index (χ1n) is 7.94. The molecular formula is C17H25ClN2O2. The van der Waals surface area contributed by atoms with Crippen LogP contribution in [-0.2, 0) is 4.74 Å². The van der Waals surface area contributed by atoms with Crippen molar-refractivity contribution in [3.63, 3.8) is 0 Å². The van der Waals surface area contributed by atoms with Gasteiger partial charge in [-0.1, -0.05) is 43.6 Å². The lowest BCUT2D eigenvalue weighted by molar-refractivity contribution is 0.126. The number of amides is 2. The van der Waals surface area contributed by atoms with Crippen molar-refractivity contribution in [2.24, 2.45) is 11.8 Å². The van der Waals surface area contributed by atoms with Crippen molar-refractivity contribution in [2.75, 3.05) is 19.8 Å². The van der Waals surface area contributed by atoms with Crippen LogP contribution in [0.15, 0.2) is 24.3 Å². The number of carbonyl (C=O) groups is 1. The maximum Gasteiger partial charge on any atom is 0.315 e. The van der Waals surface area contributed by atoms with Crippen molar-refractivity contribution in [3.8, 4) is 0 Å². The zero-order chi connectivity index (χ0) is 15.9. The van der Waals surface area contributed by atoms with Crippen LogP contribution >= 0.6 is 11.6 Å². The Morgan fingerprint density at radius 2 is 2.09 bits per heavy atom. The molecule has 0 aromatic heterocycles. The van der Waals surface area contributed by atoms with Crippen LogP contribution in [-0.4, -0.2) is 25.8 Å². The lowest BCUT2D eigenvalue weighted by Crippen LogP contribution is -2.41. The fraction of sp³-hybridized carbons (Fsp3) is 0.588. The SMILES string of the molecule is CC(C)C(NC(=O)NCCOCC1CC1)c1ccccc1Cl. The van der Waals surface area contributed by atoms with Gasteiger partial charge in [0.25, 0.3) is 0 Å². The van der Waals surface area contributed by atoms with Crippen LogP contribution in [0.5, 0.6) is 0 Å². The molecule has 0 radical (unpaired) electrons. The molecule has 1 unspecified atom stereocenters. The average Bonchev–Trinajstić information content (AvgIpc) is 3.29. The van der Waals surface area contributed by atoms with Crippen molar-refractivity contribution in [2.45, 2.75) is 32.7 Å². The van der Waals surface area contributed by atoms with Crippen molar-refractivity contribution < 1.29 is 9.53 Å². The molecule has 122 valence electrons. The van der Waals surface area contributed by atoms with E-state index in [4.69, 9.17) is 16.3 Å². The van der Waals surface area contributed by atoms with Gasteiger partial charge in [0, 0.05) is 18.2 Å². The Hall–Kier alpha value is -1.26. The van der Waals surface area contributed by atoms with Crippen molar-refractivity contribution in [3.05, 3.63) is 34.9 Å². The standard InChI is InChI=1S/C17H25ClN2O2/c1-12(2)16(14-5-3-4-6-15(14)18)20-17(21)19-9-10-22-11-13-7-8-13/h3-6,12-13,16H,7-11H2,1-2H3,(H2,19,20,21). The highest BCUT2D eigenvalue weighted by atomic mass is 35.5. The topological polar surface area (TPSA) is 50.4 Å². The van der Waals surface area contributed by atoms with E-state index in [0.29, 0.717) is 18.2 Å². The van der Waals surface area contributed by atoms with Gasteiger partial charge >= 0.3 is 6.03 Å². The summed E-state index contributed by atoms with van der Waals surface area (Å²) in [5.41, 5.74) is 0.944. The number of nitrogens with one attached hydrogen (secondary N) is 2. The number of ether oxygens (including phenoxy) is 1. The summed E-state index contributed by atoms with van der Waals surface area (Å²) in [4.78, 5) is 12.0. The summed E-state index contributed by atoms with van der Waals surface area (Å²) in [5, 5.41) is 6.50. The third-order valence-electron chi connectivity index (χ3n) is 3.78. The largest absolute Gasteiger partial charge is 0.379 e. The second-order valence-electron chi connectivity index (χ2n) is 6.16. The highest BCUT2D eigenvalue weighted by Crippen LogP contribution is 2.29. The number of benzene rings is 1. The minimum atomic E-state index is -0.186. The molecule has 1 fully saturated rings. The van der Waals surface area contributed by atoms with Crippen molar-refractivity contribution in [1.82, 2.24) is 10.6 Å². The van der Waals surface area contributed by atoms with Crippen LogP contribution in [0, 0.1) is 11.8 Å². The molecule has 0 aliphatic heterocycles. The summed E-state index contributed by atoms with van der Waals surface area (Å²) < 4.78 is 5.50. The van der Waals surface area contributed by atoms with Gasteiger partial charge in [0.1, 0.15) is 0 Å². The van der Waals surface area contributed by atoms with Crippen LogP contribution in [0.1, 0.15) is 38.3 Å². The Morgan fingerprint density at radius 3 is 2.73 bits per heavy atom.